The van der Waals surface area contributed by atoms with Crippen molar-refractivity contribution in [3.63, 3.8) is 0 Å². The third-order valence-electron chi connectivity index (χ3n) is 3.10. The molecule has 0 saturated heterocycles. The number of halogens is 3. The van der Waals surface area contributed by atoms with Crippen molar-refractivity contribution >= 4 is 31.9 Å². The minimum atomic E-state index is -0.210. The second kappa shape index (κ2) is 6.16. The first-order valence-electron chi connectivity index (χ1n) is 5.93. The molecule has 0 aliphatic rings. The first kappa shape index (κ1) is 14.7. The van der Waals surface area contributed by atoms with E-state index in [9.17, 15) is 4.39 Å². The molecule has 0 aliphatic carbocycles. The van der Waals surface area contributed by atoms with Crippen molar-refractivity contribution in [3.05, 3.63) is 67.9 Å². The fraction of sp³-hybridized carbons (Fsp3) is 0.200. The van der Waals surface area contributed by atoms with Gasteiger partial charge in [-0.15, -0.1) is 0 Å². The quantitative estimate of drug-likeness (QED) is 0.797. The normalized spacial score (nSPS) is 12.5. The van der Waals surface area contributed by atoms with Crippen molar-refractivity contribution in [3.8, 4) is 0 Å². The van der Waals surface area contributed by atoms with Crippen LogP contribution in [0.4, 0.5) is 4.39 Å². The number of aryl methyl sites for hydroxylation is 1. The molecule has 0 fully saturated rings. The summed E-state index contributed by atoms with van der Waals surface area (Å²) in [6.45, 7) is 1.90. The molecular formula is C15H14Br2FN. The van der Waals surface area contributed by atoms with Crippen LogP contribution in [0.2, 0.25) is 0 Å². The molecule has 0 spiro atoms. The summed E-state index contributed by atoms with van der Waals surface area (Å²) in [5.74, 6) is -0.210. The van der Waals surface area contributed by atoms with E-state index >= 15 is 0 Å². The van der Waals surface area contributed by atoms with Gasteiger partial charge in [-0.2, -0.15) is 0 Å². The van der Waals surface area contributed by atoms with Gasteiger partial charge in [0.05, 0.1) is 0 Å². The maximum atomic E-state index is 13.1. The van der Waals surface area contributed by atoms with Crippen molar-refractivity contribution in [2.24, 2.45) is 5.73 Å². The van der Waals surface area contributed by atoms with E-state index in [4.69, 9.17) is 5.73 Å². The Morgan fingerprint density at radius 2 is 1.89 bits per heavy atom. The zero-order chi connectivity index (χ0) is 14.0. The van der Waals surface area contributed by atoms with Crippen LogP contribution in [0, 0.1) is 12.7 Å². The molecule has 19 heavy (non-hydrogen) atoms. The second-order valence-corrected chi connectivity index (χ2v) is 6.32. The average molecular weight is 387 g/mol. The zero-order valence-corrected chi connectivity index (χ0v) is 13.6. The van der Waals surface area contributed by atoms with E-state index < -0.39 is 0 Å². The first-order valence-corrected chi connectivity index (χ1v) is 7.51. The molecule has 4 heteroatoms. The highest BCUT2D eigenvalue weighted by Crippen LogP contribution is 2.28. The number of hydrogen-bond donors (Lipinski definition) is 1. The van der Waals surface area contributed by atoms with Crippen molar-refractivity contribution in [1.29, 1.82) is 0 Å². The molecule has 0 radical (unpaired) electrons. The van der Waals surface area contributed by atoms with E-state index in [0.717, 1.165) is 25.6 Å². The monoisotopic (exact) mass is 385 g/mol. The molecule has 0 saturated carbocycles. The van der Waals surface area contributed by atoms with Gasteiger partial charge < -0.3 is 5.73 Å². The summed E-state index contributed by atoms with van der Waals surface area (Å²) in [6, 6.07) is 10.6. The Morgan fingerprint density at radius 1 is 1.16 bits per heavy atom. The predicted molar refractivity (Wildman–Crippen MR) is 83.6 cm³/mol. The summed E-state index contributed by atoms with van der Waals surface area (Å²) in [7, 11) is 0. The van der Waals surface area contributed by atoms with Crippen LogP contribution in [0.15, 0.2) is 45.3 Å². The highest BCUT2D eigenvalue weighted by molar-refractivity contribution is 9.11. The van der Waals surface area contributed by atoms with Gasteiger partial charge in [0.2, 0.25) is 0 Å². The minimum Gasteiger partial charge on any atom is -0.324 e. The third kappa shape index (κ3) is 3.65. The minimum absolute atomic E-state index is 0.129. The second-order valence-electron chi connectivity index (χ2n) is 4.55. The Bertz CT molecular complexity index is 599. The number of hydrogen-bond acceptors (Lipinski definition) is 1. The van der Waals surface area contributed by atoms with E-state index in [1.807, 2.05) is 25.1 Å². The van der Waals surface area contributed by atoms with Crippen molar-refractivity contribution in [2.75, 3.05) is 0 Å². The van der Waals surface area contributed by atoms with Crippen LogP contribution in [0.5, 0.6) is 0 Å². The van der Waals surface area contributed by atoms with Crippen LogP contribution < -0.4 is 5.73 Å². The van der Waals surface area contributed by atoms with Gasteiger partial charge in [-0.05, 0) is 60.4 Å². The molecule has 1 nitrogen and oxygen atoms in total. The molecule has 2 N–H and O–H groups in total. The lowest BCUT2D eigenvalue weighted by Gasteiger charge is -2.16. The van der Waals surface area contributed by atoms with Crippen molar-refractivity contribution in [1.82, 2.24) is 0 Å². The Labute approximate surface area is 129 Å². The molecule has 0 bridgehead atoms. The highest BCUT2D eigenvalue weighted by atomic mass is 79.9. The number of nitrogens with two attached hydrogens (primary N) is 1. The Hall–Kier alpha value is -0.710. The summed E-state index contributed by atoms with van der Waals surface area (Å²) in [4.78, 5) is 0. The van der Waals surface area contributed by atoms with Gasteiger partial charge in [-0.1, -0.05) is 37.9 Å². The maximum Gasteiger partial charge on any atom is 0.123 e. The molecule has 100 valence electrons. The predicted octanol–water partition coefficient (Wildman–Crippen LogP) is 4.90. The fourth-order valence-electron chi connectivity index (χ4n) is 2.03. The van der Waals surface area contributed by atoms with E-state index in [1.165, 1.54) is 12.1 Å². The van der Waals surface area contributed by atoms with Crippen LogP contribution >= 0.6 is 31.9 Å². The van der Waals surface area contributed by atoms with Crippen LogP contribution in [0.1, 0.15) is 22.7 Å². The van der Waals surface area contributed by atoms with Gasteiger partial charge >= 0.3 is 0 Å². The highest BCUT2D eigenvalue weighted by Gasteiger charge is 2.12. The number of rotatable bonds is 3. The van der Waals surface area contributed by atoms with E-state index in [2.05, 4.69) is 31.9 Å². The summed E-state index contributed by atoms with van der Waals surface area (Å²) in [5, 5.41) is 0. The smallest absolute Gasteiger partial charge is 0.123 e. The SMILES string of the molecule is Cc1cc(F)ccc1CC(N)c1cc(Br)ccc1Br. The lowest BCUT2D eigenvalue weighted by Crippen LogP contribution is -2.14. The van der Waals surface area contributed by atoms with E-state index in [1.54, 1.807) is 6.07 Å². The van der Waals surface area contributed by atoms with Gasteiger partial charge in [0.1, 0.15) is 5.82 Å². The fourth-order valence-corrected chi connectivity index (χ4v) is 2.95. The maximum absolute atomic E-state index is 13.1. The first-order chi connectivity index (χ1) is 8.97. The van der Waals surface area contributed by atoms with Crippen LogP contribution in [-0.4, -0.2) is 0 Å². The van der Waals surface area contributed by atoms with E-state index in [-0.39, 0.29) is 11.9 Å². The van der Waals surface area contributed by atoms with Gasteiger partial charge in [0.25, 0.3) is 0 Å². The molecule has 1 unspecified atom stereocenters. The standard InChI is InChI=1S/C15H14Br2FN/c1-9-6-12(18)4-2-10(9)7-15(19)13-8-11(16)3-5-14(13)17/h2-6,8,15H,7,19H2,1H3. The molecule has 0 aromatic heterocycles. The van der Waals surface area contributed by atoms with Crippen LogP contribution in [-0.2, 0) is 6.42 Å². The molecule has 0 aliphatic heterocycles. The van der Waals surface area contributed by atoms with Crippen molar-refractivity contribution in [2.45, 2.75) is 19.4 Å². The molecule has 0 heterocycles. The molecule has 2 rings (SSSR count). The molecule has 2 aromatic carbocycles. The Morgan fingerprint density at radius 3 is 2.58 bits per heavy atom. The summed E-state index contributed by atoms with van der Waals surface area (Å²) >= 11 is 6.96. The Balaban J connectivity index is 2.25. The lowest BCUT2D eigenvalue weighted by molar-refractivity contribution is 0.623. The van der Waals surface area contributed by atoms with Gasteiger partial charge in [0.15, 0.2) is 0 Å². The molecule has 1 atom stereocenters. The zero-order valence-electron chi connectivity index (χ0n) is 10.5. The largest absolute Gasteiger partial charge is 0.324 e. The Kier molecular flexibility index (Phi) is 4.76. The van der Waals surface area contributed by atoms with E-state index in [0.29, 0.717) is 6.42 Å². The summed E-state index contributed by atoms with van der Waals surface area (Å²) in [6.07, 6.45) is 0.682. The van der Waals surface area contributed by atoms with Crippen molar-refractivity contribution < 1.29 is 4.39 Å². The van der Waals surface area contributed by atoms with Gasteiger partial charge in [0, 0.05) is 15.0 Å². The molecule has 2 aromatic rings. The lowest BCUT2D eigenvalue weighted by atomic mass is 9.97. The van der Waals surface area contributed by atoms with Crippen LogP contribution in [0.25, 0.3) is 0 Å². The molecule has 0 amide bonds. The summed E-state index contributed by atoms with van der Waals surface area (Å²) < 4.78 is 15.1. The molecular weight excluding hydrogens is 373 g/mol. The van der Waals surface area contributed by atoms with Gasteiger partial charge in [-0.25, -0.2) is 4.39 Å². The van der Waals surface area contributed by atoms with Gasteiger partial charge in [-0.3, -0.25) is 0 Å². The number of benzene rings is 2. The average Bonchev–Trinajstić information content (AvgIpc) is 2.35. The topological polar surface area (TPSA) is 26.0 Å². The third-order valence-corrected chi connectivity index (χ3v) is 4.32. The summed E-state index contributed by atoms with van der Waals surface area (Å²) in [5.41, 5.74) is 9.30. The van der Waals surface area contributed by atoms with Crippen LogP contribution in [0.3, 0.4) is 0 Å².